The molecule has 0 aromatic heterocycles. The van der Waals surface area contributed by atoms with E-state index in [0.717, 1.165) is 12.5 Å². The Bertz CT molecular complexity index is 165. The van der Waals surface area contributed by atoms with Crippen molar-refractivity contribution in [1.29, 1.82) is 0 Å². The number of hydrogen-bond acceptors (Lipinski definition) is 2. The molecule has 12 heavy (non-hydrogen) atoms. The lowest BCUT2D eigenvalue weighted by Gasteiger charge is -2.28. The first-order valence-corrected chi connectivity index (χ1v) is 4.86. The van der Waals surface area contributed by atoms with Gasteiger partial charge in [-0.05, 0) is 18.8 Å². The van der Waals surface area contributed by atoms with Gasteiger partial charge in [-0.15, -0.1) is 0 Å². The highest BCUT2D eigenvalue weighted by molar-refractivity contribution is 5.78. The van der Waals surface area contributed by atoms with E-state index in [4.69, 9.17) is 0 Å². The van der Waals surface area contributed by atoms with Crippen LogP contribution in [-0.4, -0.2) is 25.0 Å². The van der Waals surface area contributed by atoms with Crippen LogP contribution in [0.1, 0.15) is 25.7 Å². The summed E-state index contributed by atoms with van der Waals surface area (Å²) >= 11 is 0. The fourth-order valence-corrected chi connectivity index (χ4v) is 2.28. The highest BCUT2D eigenvalue weighted by Crippen LogP contribution is 2.27. The third-order valence-corrected chi connectivity index (χ3v) is 3.01. The lowest BCUT2D eigenvalue weighted by atomic mass is 9.97. The van der Waals surface area contributed by atoms with Gasteiger partial charge in [-0.25, -0.2) is 0 Å². The maximum Gasteiger partial charge on any atom is 0.234 e. The summed E-state index contributed by atoms with van der Waals surface area (Å²) in [5.74, 6) is 0.954. The Morgan fingerprint density at radius 2 is 2.00 bits per heavy atom. The van der Waals surface area contributed by atoms with E-state index in [2.05, 4.69) is 10.6 Å². The summed E-state index contributed by atoms with van der Waals surface area (Å²) < 4.78 is 0. The van der Waals surface area contributed by atoms with Crippen LogP contribution in [0, 0.1) is 5.92 Å². The minimum Gasteiger partial charge on any atom is -0.353 e. The largest absolute Gasteiger partial charge is 0.353 e. The van der Waals surface area contributed by atoms with E-state index in [1.54, 1.807) is 0 Å². The van der Waals surface area contributed by atoms with Crippen LogP contribution in [0.4, 0.5) is 0 Å². The predicted molar refractivity (Wildman–Crippen MR) is 46.8 cm³/mol. The molecule has 1 heterocycles. The molecule has 2 N–H and O–H groups in total. The van der Waals surface area contributed by atoms with Crippen LogP contribution < -0.4 is 10.6 Å². The van der Waals surface area contributed by atoms with Gasteiger partial charge < -0.3 is 10.6 Å². The van der Waals surface area contributed by atoms with Crippen molar-refractivity contribution in [3.05, 3.63) is 0 Å². The fraction of sp³-hybridized carbons (Fsp3) is 0.889. The van der Waals surface area contributed by atoms with E-state index in [0.29, 0.717) is 12.6 Å². The summed E-state index contributed by atoms with van der Waals surface area (Å²) in [6.07, 6.45) is 5.43. The predicted octanol–water partition coefficient (Wildman–Crippen LogP) is 0.265. The van der Waals surface area contributed by atoms with Gasteiger partial charge in [-0.2, -0.15) is 0 Å². The molecular formula is C9H16N2O. The quantitative estimate of drug-likeness (QED) is 0.590. The van der Waals surface area contributed by atoms with Crippen LogP contribution in [0.2, 0.25) is 0 Å². The monoisotopic (exact) mass is 168 g/mol. The van der Waals surface area contributed by atoms with Gasteiger partial charge in [0.2, 0.25) is 5.91 Å². The van der Waals surface area contributed by atoms with Crippen molar-refractivity contribution in [1.82, 2.24) is 10.6 Å². The van der Waals surface area contributed by atoms with Gasteiger partial charge in [0, 0.05) is 12.6 Å². The van der Waals surface area contributed by atoms with Gasteiger partial charge in [0.15, 0.2) is 0 Å². The summed E-state index contributed by atoms with van der Waals surface area (Å²) in [7, 11) is 0. The molecule has 0 spiro atoms. The summed E-state index contributed by atoms with van der Waals surface area (Å²) in [5, 5.41) is 6.21. The molecule has 1 aliphatic heterocycles. The molecular weight excluding hydrogens is 152 g/mol. The van der Waals surface area contributed by atoms with Crippen LogP contribution in [0.25, 0.3) is 0 Å². The molecule has 1 atom stereocenters. The zero-order chi connectivity index (χ0) is 8.39. The molecule has 1 saturated heterocycles. The molecule has 0 unspecified atom stereocenters. The molecule has 3 heteroatoms. The maximum absolute atomic E-state index is 10.8. The molecule has 0 radical (unpaired) electrons. The van der Waals surface area contributed by atoms with Crippen molar-refractivity contribution in [3.8, 4) is 0 Å². The molecule has 3 nitrogen and oxygen atoms in total. The summed E-state index contributed by atoms with van der Waals surface area (Å²) in [4.78, 5) is 10.8. The van der Waals surface area contributed by atoms with Crippen molar-refractivity contribution in [2.24, 2.45) is 5.92 Å². The first-order valence-electron chi connectivity index (χ1n) is 4.86. The lowest BCUT2D eigenvalue weighted by Crippen LogP contribution is -2.54. The lowest BCUT2D eigenvalue weighted by molar-refractivity contribution is -0.121. The van der Waals surface area contributed by atoms with Crippen molar-refractivity contribution < 1.29 is 4.79 Å². The Balaban J connectivity index is 1.84. The molecule has 0 aromatic rings. The van der Waals surface area contributed by atoms with Gasteiger partial charge in [0.05, 0.1) is 6.54 Å². The van der Waals surface area contributed by atoms with E-state index in [-0.39, 0.29) is 5.91 Å². The summed E-state index contributed by atoms with van der Waals surface area (Å²) in [5.41, 5.74) is 0. The number of rotatable bonds is 1. The number of nitrogens with one attached hydrogen (secondary N) is 2. The van der Waals surface area contributed by atoms with Gasteiger partial charge in [-0.3, -0.25) is 4.79 Å². The number of carbonyl (C=O) groups is 1. The second-order valence-electron chi connectivity index (χ2n) is 3.84. The zero-order valence-corrected chi connectivity index (χ0v) is 7.31. The number of hydrogen-bond donors (Lipinski definition) is 2. The Morgan fingerprint density at radius 1 is 1.25 bits per heavy atom. The molecule has 1 saturated carbocycles. The van der Waals surface area contributed by atoms with Crippen LogP contribution in [0.15, 0.2) is 0 Å². The number of carbonyl (C=O) groups excluding carboxylic acids is 1. The third kappa shape index (κ3) is 1.61. The van der Waals surface area contributed by atoms with Crippen LogP contribution >= 0.6 is 0 Å². The molecule has 0 bridgehead atoms. The minimum absolute atomic E-state index is 0.143. The number of piperazine rings is 1. The van der Waals surface area contributed by atoms with E-state index < -0.39 is 0 Å². The molecule has 0 aromatic carbocycles. The smallest absolute Gasteiger partial charge is 0.234 e. The maximum atomic E-state index is 10.8. The SMILES string of the molecule is O=C1CN[C@H](C2CCCC2)CN1. The molecule has 1 amide bonds. The number of amides is 1. The normalized spacial score (nSPS) is 32.0. The molecule has 1 aliphatic carbocycles. The standard InChI is InChI=1S/C9H16N2O/c12-9-6-10-8(5-11-9)7-3-1-2-4-7/h7-8,10H,1-6H2,(H,11,12)/t8-/m0/s1. The van der Waals surface area contributed by atoms with Crippen molar-refractivity contribution in [3.63, 3.8) is 0 Å². The molecule has 2 fully saturated rings. The first kappa shape index (κ1) is 8.05. The molecule has 2 rings (SSSR count). The van der Waals surface area contributed by atoms with Gasteiger partial charge in [0.25, 0.3) is 0 Å². The van der Waals surface area contributed by atoms with Crippen molar-refractivity contribution in [2.45, 2.75) is 31.7 Å². The van der Waals surface area contributed by atoms with Gasteiger partial charge >= 0.3 is 0 Å². The van der Waals surface area contributed by atoms with Crippen molar-refractivity contribution >= 4 is 5.91 Å². The van der Waals surface area contributed by atoms with E-state index in [1.165, 1.54) is 25.7 Å². The van der Waals surface area contributed by atoms with E-state index in [1.807, 2.05) is 0 Å². The Kier molecular flexibility index (Phi) is 2.30. The third-order valence-electron chi connectivity index (χ3n) is 3.01. The topological polar surface area (TPSA) is 41.1 Å². The van der Waals surface area contributed by atoms with E-state index in [9.17, 15) is 4.79 Å². The highest BCUT2D eigenvalue weighted by Gasteiger charge is 2.27. The zero-order valence-electron chi connectivity index (χ0n) is 7.31. The Morgan fingerprint density at radius 3 is 2.58 bits per heavy atom. The Labute approximate surface area is 72.9 Å². The van der Waals surface area contributed by atoms with Crippen LogP contribution in [0.5, 0.6) is 0 Å². The Hall–Kier alpha value is -0.570. The van der Waals surface area contributed by atoms with E-state index >= 15 is 0 Å². The summed E-state index contributed by atoms with van der Waals surface area (Å²) in [6, 6.07) is 0.546. The second-order valence-corrected chi connectivity index (χ2v) is 3.84. The van der Waals surface area contributed by atoms with Gasteiger partial charge in [-0.1, -0.05) is 12.8 Å². The molecule has 2 aliphatic rings. The molecule has 68 valence electrons. The summed E-state index contributed by atoms with van der Waals surface area (Å²) in [6.45, 7) is 1.35. The average molecular weight is 168 g/mol. The average Bonchev–Trinajstić information content (AvgIpc) is 2.58. The minimum atomic E-state index is 0.143. The van der Waals surface area contributed by atoms with Crippen LogP contribution in [0.3, 0.4) is 0 Å². The van der Waals surface area contributed by atoms with Crippen molar-refractivity contribution in [2.75, 3.05) is 13.1 Å². The van der Waals surface area contributed by atoms with Gasteiger partial charge in [0.1, 0.15) is 0 Å². The second kappa shape index (κ2) is 3.44. The first-order chi connectivity index (χ1) is 5.86. The fourth-order valence-electron chi connectivity index (χ4n) is 2.28. The highest BCUT2D eigenvalue weighted by atomic mass is 16.2. The van der Waals surface area contributed by atoms with Crippen LogP contribution in [-0.2, 0) is 4.79 Å².